The molecule has 10 heavy (non-hydrogen) atoms. The molecule has 0 aliphatic heterocycles. The van der Waals surface area contributed by atoms with Crippen molar-refractivity contribution in [3.8, 4) is 0 Å². The normalized spacial score (nSPS) is 11.6. The Morgan fingerprint density at radius 1 is 1.30 bits per heavy atom. The van der Waals surface area contributed by atoms with E-state index in [4.69, 9.17) is 0 Å². The van der Waals surface area contributed by atoms with Gasteiger partial charge >= 0.3 is 0 Å². The number of hydrogen-bond donors (Lipinski definition) is 0. The fraction of sp³-hybridized carbons (Fsp3) is 0.111. The van der Waals surface area contributed by atoms with E-state index in [2.05, 4.69) is 57.9 Å². The maximum Gasteiger partial charge on any atom is -0.0198 e. The van der Waals surface area contributed by atoms with Gasteiger partial charge in [-0.3, -0.25) is 0 Å². The summed E-state index contributed by atoms with van der Waals surface area (Å²) in [5.41, 5.74) is 2.62. The second-order valence-electron chi connectivity index (χ2n) is 2.16. The highest BCUT2D eigenvalue weighted by molar-refractivity contribution is 14.1. The summed E-state index contributed by atoms with van der Waals surface area (Å²) in [5.74, 6) is 0. The Hall–Kier alpha value is -0.310. The second kappa shape index (κ2) is 3.76. The molecule has 0 radical (unpaired) electrons. The number of halogens is 1. The van der Waals surface area contributed by atoms with Crippen molar-refractivity contribution in [2.45, 2.75) is 6.92 Å². The van der Waals surface area contributed by atoms with Gasteiger partial charge in [-0.1, -0.05) is 52.9 Å². The van der Waals surface area contributed by atoms with Crippen molar-refractivity contribution in [2.24, 2.45) is 0 Å². The highest BCUT2D eigenvalue weighted by Gasteiger charge is 1.89. The highest BCUT2D eigenvalue weighted by Crippen LogP contribution is 2.13. The Kier molecular flexibility index (Phi) is 2.93. The largest absolute Gasteiger partial charge is 0.0622 e. The molecule has 0 atom stereocenters. The van der Waals surface area contributed by atoms with E-state index in [1.807, 2.05) is 6.07 Å². The summed E-state index contributed by atoms with van der Waals surface area (Å²) in [6.07, 6.45) is 0. The molecule has 0 nitrogen and oxygen atoms in total. The smallest absolute Gasteiger partial charge is 0.0198 e. The van der Waals surface area contributed by atoms with Crippen LogP contribution in [0.4, 0.5) is 0 Å². The van der Waals surface area contributed by atoms with Crippen molar-refractivity contribution in [2.75, 3.05) is 0 Å². The molecule has 0 aliphatic rings. The Balaban J connectivity index is 2.96. The van der Waals surface area contributed by atoms with Gasteiger partial charge in [0.1, 0.15) is 0 Å². The summed E-state index contributed by atoms with van der Waals surface area (Å²) < 4.78 is 2.09. The Morgan fingerprint density at radius 2 is 1.90 bits per heavy atom. The van der Waals surface area contributed by atoms with E-state index in [-0.39, 0.29) is 0 Å². The van der Waals surface area contributed by atoms with Crippen molar-refractivity contribution >= 4 is 28.2 Å². The van der Waals surface area contributed by atoms with E-state index < -0.39 is 0 Å². The molecule has 0 aromatic heterocycles. The predicted molar refractivity (Wildman–Crippen MR) is 54.1 cm³/mol. The van der Waals surface area contributed by atoms with Crippen LogP contribution in [0.3, 0.4) is 0 Å². The molecule has 0 saturated heterocycles. The van der Waals surface area contributed by atoms with Crippen molar-refractivity contribution in [3.05, 3.63) is 40.0 Å². The topological polar surface area (TPSA) is 0 Å². The molecule has 1 rings (SSSR count). The molecule has 0 spiro atoms. The quantitative estimate of drug-likeness (QED) is 0.663. The summed E-state index contributed by atoms with van der Waals surface area (Å²) >= 11 is 2.25. The lowest BCUT2D eigenvalue weighted by molar-refractivity contribution is 1.58. The number of rotatable bonds is 1. The predicted octanol–water partition coefficient (Wildman–Crippen LogP) is 3.48. The first-order chi connectivity index (χ1) is 4.84. The van der Waals surface area contributed by atoms with Crippen LogP contribution in [0.1, 0.15) is 12.5 Å². The molecule has 1 aromatic carbocycles. The summed E-state index contributed by atoms with van der Waals surface area (Å²) in [7, 11) is 0. The van der Waals surface area contributed by atoms with Gasteiger partial charge in [0.25, 0.3) is 0 Å². The zero-order valence-electron chi connectivity index (χ0n) is 5.84. The molecule has 1 heteroatoms. The van der Waals surface area contributed by atoms with Crippen LogP contribution in [0.5, 0.6) is 0 Å². The van der Waals surface area contributed by atoms with Gasteiger partial charge in [-0.2, -0.15) is 0 Å². The molecule has 0 amide bonds. The van der Waals surface area contributed by atoms with E-state index in [0.717, 1.165) is 0 Å². The molecule has 0 unspecified atom stereocenters. The molecule has 0 bridgehead atoms. The molecular formula is C9H9I. The van der Waals surface area contributed by atoms with Crippen LogP contribution in [-0.4, -0.2) is 0 Å². The van der Waals surface area contributed by atoms with Crippen molar-refractivity contribution in [3.63, 3.8) is 0 Å². The maximum absolute atomic E-state index is 2.25. The lowest BCUT2D eigenvalue weighted by Crippen LogP contribution is -1.74. The molecule has 1 aromatic rings. The SMILES string of the molecule is C/C(=C/I)c1ccccc1. The molecule has 0 aliphatic carbocycles. The fourth-order valence-electron chi connectivity index (χ4n) is 0.764. The van der Waals surface area contributed by atoms with Gasteiger partial charge in [-0.25, -0.2) is 0 Å². The minimum atomic E-state index is 1.30. The van der Waals surface area contributed by atoms with Gasteiger partial charge in [-0.05, 0) is 22.1 Å². The van der Waals surface area contributed by atoms with Gasteiger partial charge in [0.05, 0.1) is 0 Å². The summed E-state index contributed by atoms with van der Waals surface area (Å²) in [5, 5.41) is 0. The third-order valence-corrected chi connectivity index (χ3v) is 2.33. The van der Waals surface area contributed by atoms with Crippen LogP contribution in [-0.2, 0) is 0 Å². The minimum Gasteiger partial charge on any atom is -0.0622 e. The van der Waals surface area contributed by atoms with Gasteiger partial charge in [-0.15, -0.1) is 0 Å². The van der Waals surface area contributed by atoms with E-state index >= 15 is 0 Å². The van der Waals surface area contributed by atoms with E-state index in [9.17, 15) is 0 Å². The van der Waals surface area contributed by atoms with Gasteiger partial charge in [0.15, 0.2) is 0 Å². The lowest BCUT2D eigenvalue weighted by Gasteiger charge is -1.96. The van der Waals surface area contributed by atoms with Crippen molar-refractivity contribution < 1.29 is 0 Å². The summed E-state index contributed by atoms with van der Waals surface area (Å²) in [6.45, 7) is 2.11. The fourth-order valence-corrected chi connectivity index (χ4v) is 1.12. The summed E-state index contributed by atoms with van der Waals surface area (Å²) in [6, 6.07) is 10.4. The molecule has 52 valence electrons. The Bertz CT molecular complexity index is 224. The van der Waals surface area contributed by atoms with Crippen LogP contribution >= 0.6 is 22.6 Å². The van der Waals surface area contributed by atoms with Gasteiger partial charge < -0.3 is 0 Å². The third kappa shape index (κ3) is 1.84. The second-order valence-corrected chi connectivity index (χ2v) is 2.78. The summed E-state index contributed by atoms with van der Waals surface area (Å²) in [4.78, 5) is 0. The van der Waals surface area contributed by atoms with Crippen LogP contribution < -0.4 is 0 Å². The third-order valence-electron chi connectivity index (χ3n) is 1.39. The average molecular weight is 244 g/mol. The number of allylic oxidation sites excluding steroid dienone is 1. The Labute approximate surface area is 75.1 Å². The monoisotopic (exact) mass is 244 g/mol. The van der Waals surface area contributed by atoms with E-state index in [1.165, 1.54) is 11.1 Å². The zero-order chi connectivity index (χ0) is 7.40. The lowest BCUT2D eigenvalue weighted by atomic mass is 10.1. The van der Waals surface area contributed by atoms with Crippen molar-refractivity contribution in [1.82, 2.24) is 0 Å². The average Bonchev–Trinajstić information content (AvgIpc) is 2.05. The first-order valence-corrected chi connectivity index (χ1v) is 4.41. The van der Waals surface area contributed by atoms with Gasteiger partial charge in [0.2, 0.25) is 0 Å². The van der Waals surface area contributed by atoms with Crippen LogP contribution in [0.2, 0.25) is 0 Å². The number of benzene rings is 1. The molecule has 0 N–H and O–H groups in total. The molecule has 0 fully saturated rings. The molecule has 0 heterocycles. The first kappa shape index (κ1) is 7.79. The zero-order valence-corrected chi connectivity index (χ0v) is 8.00. The van der Waals surface area contributed by atoms with Crippen LogP contribution in [0.25, 0.3) is 5.57 Å². The van der Waals surface area contributed by atoms with Gasteiger partial charge in [0, 0.05) is 0 Å². The van der Waals surface area contributed by atoms with Crippen molar-refractivity contribution in [1.29, 1.82) is 0 Å². The minimum absolute atomic E-state index is 1.30. The van der Waals surface area contributed by atoms with E-state index in [0.29, 0.717) is 0 Å². The highest BCUT2D eigenvalue weighted by atomic mass is 127. The van der Waals surface area contributed by atoms with E-state index in [1.54, 1.807) is 0 Å². The number of hydrogen-bond acceptors (Lipinski definition) is 0. The molecule has 0 saturated carbocycles. The van der Waals surface area contributed by atoms with Crippen LogP contribution in [0.15, 0.2) is 34.4 Å². The van der Waals surface area contributed by atoms with Crippen LogP contribution in [0, 0.1) is 0 Å². The molecular weight excluding hydrogens is 235 g/mol. The first-order valence-electron chi connectivity index (χ1n) is 3.17. The Morgan fingerprint density at radius 3 is 2.40 bits per heavy atom. The maximum atomic E-state index is 2.25. The standard InChI is InChI=1S/C9H9I/c1-8(7-10)9-5-3-2-4-6-9/h2-7H,1H3/b8-7-.